The zero-order valence-electron chi connectivity index (χ0n) is 10.4. The van der Waals surface area contributed by atoms with Crippen LogP contribution in [0, 0.1) is 0 Å². The highest BCUT2D eigenvalue weighted by Crippen LogP contribution is 2.23. The van der Waals surface area contributed by atoms with Gasteiger partial charge in [0, 0.05) is 0 Å². The van der Waals surface area contributed by atoms with Gasteiger partial charge in [0.05, 0.1) is 18.3 Å². The van der Waals surface area contributed by atoms with Gasteiger partial charge in [-0.3, -0.25) is 5.84 Å². The first-order chi connectivity index (χ1) is 8.70. The molecule has 1 aromatic carbocycles. The van der Waals surface area contributed by atoms with Crippen LogP contribution in [0.15, 0.2) is 30.5 Å². The topological polar surface area (TPSA) is 88.9 Å². The summed E-state index contributed by atoms with van der Waals surface area (Å²) in [5.74, 6) is 6.39. The van der Waals surface area contributed by atoms with Gasteiger partial charge in [-0.05, 0) is 31.5 Å². The molecule has 4 N–H and O–H groups in total. The van der Waals surface area contributed by atoms with Crippen molar-refractivity contribution in [1.82, 2.24) is 20.8 Å². The minimum absolute atomic E-state index is 0.136. The number of nitrogens with zero attached hydrogens (tertiary/aromatic N) is 2. The van der Waals surface area contributed by atoms with E-state index >= 15 is 0 Å². The van der Waals surface area contributed by atoms with Crippen LogP contribution < -0.4 is 16.0 Å². The average Bonchev–Trinajstić information content (AvgIpc) is 2.83. The molecular weight excluding hydrogens is 230 g/mol. The van der Waals surface area contributed by atoms with Crippen LogP contribution >= 0.6 is 0 Å². The number of aromatic nitrogens is 3. The van der Waals surface area contributed by atoms with E-state index in [4.69, 9.17) is 10.6 Å². The molecule has 0 bridgehead atoms. The van der Waals surface area contributed by atoms with E-state index in [-0.39, 0.29) is 12.1 Å². The van der Waals surface area contributed by atoms with E-state index in [0.717, 1.165) is 17.0 Å². The Morgan fingerprint density at radius 3 is 2.83 bits per heavy atom. The Kier molecular flexibility index (Phi) is 3.91. The van der Waals surface area contributed by atoms with Crippen LogP contribution in [0.1, 0.15) is 31.1 Å². The zero-order valence-corrected chi connectivity index (χ0v) is 10.4. The smallest absolute Gasteiger partial charge is 0.120 e. The quantitative estimate of drug-likeness (QED) is 0.544. The summed E-state index contributed by atoms with van der Waals surface area (Å²) in [7, 11) is 0. The van der Waals surface area contributed by atoms with Crippen LogP contribution in [0.25, 0.3) is 0 Å². The molecular formula is C12H17N5O. The lowest BCUT2D eigenvalue weighted by molar-refractivity contribution is 0.242. The number of benzene rings is 1. The number of hydrogen-bond acceptors (Lipinski definition) is 5. The largest absolute Gasteiger partial charge is 0.491 e. The van der Waals surface area contributed by atoms with Crippen LogP contribution in [0.2, 0.25) is 0 Å². The fraction of sp³-hybridized carbons (Fsp3) is 0.333. The number of nitrogens with two attached hydrogens (primary N) is 1. The predicted octanol–water partition coefficient (Wildman–Crippen LogP) is 1.14. The summed E-state index contributed by atoms with van der Waals surface area (Å²) in [5, 5.41) is 10.4. The molecule has 0 aliphatic carbocycles. The molecule has 96 valence electrons. The molecule has 0 spiro atoms. The molecule has 1 unspecified atom stereocenters. The molecule has 0 radical (unpaired) electrons. The summed E-state index contributed by atoms with van der Waals surface area (Å²) >= 11 is 0. The third-order valence-corrected chi connectivity index (χ3v) is 2.46. The maximum absolute atomic E-state index is 5.65. The molecule has 1 heterocycles. The van der Waals surface area contributed by atoms with Crippen LogP contribution in [0.5, 0.6) is 5.75 Å². The fourth-order valence-electron chi connectivity index (χ4n) is 1.74. The second kappa shape index (κ2) is 5.61. The first kappa shape index (κ1) is 12.5. The Hall–Kier alpha value is -1.92. The molecule has 0 aliphatic rings. The number of aromatic amines is 1. The lowest BCUT2D eigenvalue weighted by Gasteiger charge is -2.16. The first-order valence-corrected chi connectivity index (χ1v) is 5.79. The van der Waals surface area contributed by atoms with Gasteiger partial charge in [-0.25, -0.2) is 5.43 Å². The maximum Gasteiger partial charge on any atom is 0.120 e. The number of rotatable bonds is 5. The fourth-order valence-corrected chi connectivity index (χ4v) is 1.74. The molecule has 6 nitrogen and oxygen atoms in total. The van der Waals surface area contributed by atoms with Crippen molar-refractivity contribution in [3.63, 3.8) is 0 Å². The predicted molar refractivity (Wildman–Crippen MR) is 67.8 cm³/mol. The van der Waals surface area contributed by atoms with E-state index in [1.165, 1.54) is 0 Å². The molecule has 1 atom stereocenters. The molecule has 0 aliphatic heterocycles. The van der Waals surface area contributed by atoms with Gasteiger partial charge in [-0.1, -0.05) is 12.1 Å². The van der Waals surface area contributed by atoms with Crippen molar-refractivity contribution in [2.24, 2.45) is 5.84 Å². The highest BCUT2D eigenvalue weighted by Gasteiger charge is 2.15. The van der Waals surface area contributed by atoms with Gasteiger partial charge in [0.1, 0.15) is 11.4 Å². The molecule has 6 heteroatoms. The van der Waals surface area contributed by atoms with Crippen LogP contribution in [0.4, 0.5) is 0 Å². The van der Waals surface area contributed by atoms with Crippen molar-refractivity contribution in [3.8, 4) is 5.75 Å². The van der Waals surface area contributed by atoms with E-state index in [9.17, 15) is 0 Å². The summed E-state index contributed by atoms with van der Waals surface area (Å²) < 4.78 is 5.65. The van der Waals surface area contributed by atoms with Gasteiger partial charge < -0.3 is 4.74 Å². The molecule has 0 amide bonds. The van der Waals surface area contributed by atoms with Gasteiger partial charge in [0.15, 0.2) is 0 Å². The maximum atomic E-state index is 5.65. The van der Waals surface area contributed by atoms with Crippen LogP contribution in [0.3, 0.4) is 0 Å². The Morgan fingerprint density at radius 1 is 1.39 bits per heavy atom. The molecule has 1 aromatic heterocycles. The van der Waals surface area contributed by atoms with E-state index in [2.05, 4.69) is 20.8 Å². The summed E-state index contributed by atoms with van der Waals surface area (Å²) in [6.45, 7) is 3.98. The molecule has 0 fully saturated rings. The van der Waals surface area contributed by atoms with E-state index in [1.807, 2.05) is 38.1 Å². The van der Waals surface area contributed by atoms with Crippen molar-refractivity contribution >= 4 is 0 Å². The zero-order chi connectivity index (χ0) is 13.0. The Bertz CT molecular complexity index is 483. The van der Waals surface area contributed by atoms with Crippen molar-refractivity contribution in [1.29, 1.82) is 0 Å². The summed E-state index contributed by atoms with van der Waals surface area (Å²) in [6.07, 6.45) is 1.78. The first-order valence-electron chi connectivity index (χ1n) is 5.79. The number of H-pyrrole nitrogens is 1. The number of ether oxygens (including phenoxy) is 1. The summed E-state index contributed by atoms with van der Waals surface area (Å²) in [6, 6.07) is 7.54. The number of hydrogen-bond donors (Lipinski definition) is 3. The average molecular weight is 247 g/mol. The normalized spacial score (nSPS) is 12.7. The number of hydrazine groups is 1. The van der Waals surface area contributed by atoms with Crippen molar-refractivity contribution in [3.05, 3.63) is 41.7 Å². The summed E-state index contributed by atoms with van der Waals surface area (Å²) in [5.41, 5.74) is 4.44. The van der Waals surface area contributed by atoms with Crippen molar-refractivity contribution in [2.45, 2.75) is 26.0 Å². The highest BCUT2D eigenvalue weighted by atomic mass is 16.5. The van der Waals surface area contributed by atoms with E-state index in [0.29, 0.717) is 0 Å². The Morgan fingerprint density at radius 2 is 2.22 bits per heavy atom. The standard InChI is InChI=1S/C12H17N5O/c1-8(2)18-10-5-3-4-9(6-10)12(15-13)11-7-14-17-16-11/h3-8,12,15H,13H2,1-2H3,(H,14,16,17). The van der Waals surface area contributed by atoms with Gasteiger partial charge >= 0.3 is 0 Å². The molecule has 2 aromatic rings. The SMILES string of the molecule is CC(C)Oc1cccc(C(NN)c2cn[nH]n2)c1. The van der Waals surface area contributed by atoms with Gasteiger partial charge in [-0.15, -0.1) is 0 Å². The highest BCUT2D eigenvalue weighted by molar-refractivity contribution is 5.34. The molecule has 0 saturated heterocycles. The van der Waals surface area contributed by atoms with Gasteiger partial charge in [0.25, 0.3) is 0 Å². The Balaban J connectivity index is 2.26. The van der Waals surface area contributed by atoms with Gasteiger partial charge in [-0.2, -0.15) is 15.4 Å². The van der Waals surface area contributed by atoms with Gasteiger partial charge in [0.2, 0.25) is 0 Å². The van der Waals surface area contributed by atoms with Crippen molar-refractivity contribution < 1.29 is 4.74 Å². The second-order valence-corrected chi connectivity index (χ2v) is 4.23. The monoisotopic (exact) mass is 247 g/mol. The Labute approximate surface area is 106 Å². The minimum Gasteiger partial charge on any atom is -0.491 e. The molecule has 2 rings (SSSR count). The van der Waals surface area contributed by atoms with Crippen LogP contribution in [-0.2, 0) is 0 Å². The molecule has 0 saturated carbocycles. The second-order valence-electron chi connectivity index (χ2n) is 4.23. The minimum atomic E-state index is -0.209. The van der Waals surface area contributed by atoms with Crippen LogP contribution in [-0.4, -0.2) is 21.5 Å². The lowest BCUT2D eigenvalue weighted by Crippen LogP contribution is -2.29. The van der Waals surface area contributed by atoms with E-state index in [1.54, 1.807) is 6.20 Å². The molecule has 18 heavy (non-hydrogen) atoms. The van der Waals surface area contributed by atoms with E-state index < -0.39 is 0 Å². The lowest BCUT2D eigenvalue weighted by atomic mass is 10.0. The van der Waals surface area contributed by atoms with Crippen molar-refractivity contribution in [2.75, 3.05) is 0 Å². The third kappa shape index (κ3) is 2.85. The number of nitrogens with one attached hydrogen (secondary N) is 2. The third-order valence-electron chi connectivity index (χ3n) is 2.46. The summed E-state index contributed by atoms with van der Waals surface area (Å²) in [4.78, 5) is 0.